The average Bonchev–Trinajstić information content (AvgIpc) is 2.57. The minimum Gasteiger partial charge on any atom is -0.327 e. The maximum absolute atomic E-state index is 5.98. The third-order valence-corrected chi connectivity index (χ3v) is 3.47. The summed E-state index contributed by atoms with van der Waals surface area (Å²) in [5, 5.41) is 3.60. The van der Waals surface area contributed by atoms with Gasteiger partial charge in [0, 0.05) is 12.1 Å². The van der Waals surface area contributed by atoms with Gasteiger partial charge in [0.1, 0.15) is 0 Å². The molecule has 4 unspecified atom stereocenters. The second-order valence-corrected chi connectivity index (χ2v) is 4.58. The standard InChI is InChI=1S/C10H20N2/c1-7-5-10(7)12-6-8-3-2-4-9(8)11/h7-10,12H,2-6,11H2,1H3. The molecule has 2 rings (SSSR count). The summed E-state index contributed by atoms with van der Waals surface area (Å²) in [4.78, 5) is 0. The van der Waals surface area contributed by atoms with Crippen LogP contribution in [0.25, 0.3) is 0 Å². The van der Waals surface area contributed by atoms with Crippen LogP contribution in [0.3, 0.4) is 0 Å². The van der Waals surface area contributed by atoms with Crippen LogP contribution in [0.15, 0.2) is 0 Å². The zero-order chi connectivity index (χ0) is 8.55. The molecule has 70 valence electrons. The molecular weight excluding hydrogens is 148 g/mol. The summed E-state index contributed by atoms with van der Waals surface area (Å²) in [7, 11) is 0. The summed E-state index contributed by atoms with van der Waals surface area (Å²) in [5.74, 6) is 1.68. The lowest BCUT2D eigenvalue weighted by atomic mass is 10.0. The molecule has 0 amide bonds. The molecule has 2 saturated carbocycles. The Balaban J connectivity index is 1.65. The average molecular weight is 168 g/mol. The molecule has 2 heteroatoms. The van der Waals surface area contributed by atoms with Crippen LogP contribution in [0, 0.1) is 11.8 Å². The van der Waals surface area contributed by atoms with E-state index in [0.717, 1.165) is 24.4 Å². The Morgan fingerprint density at radius 1 is 1.42 bits per heavy atom. The number of nitrogens with one attached hydrogen (secondary N) is 1. The van der Waals surface area contributed by atoms with Gasteiger partial charge >= 0.3 is 0 Å². The van der Waals surface area contributed by atoms with Gasteiger partial charge < -0.3 is 11.1 Å². The molecule has 0 saturated heterocycles. The van der Waals surface area contributed by atoms with Gasteiger partial charge in [-0.3, -0.25) is 0 Å². The molecule has 2 aliphatic rings. The first-order chi connectivity index (χ1) is 5.77. The summed E-state index contributed by atoms with van der Waals surface area (Å²) in [6, 6.07) is 1.30. The lowest BCUT2D eigenvalue weighted by Crippen LogP contribution is -2.34. The van der Waals surface area contributed by atoms with Crippen molar-refractivity contribution in [2.45, 2.75) is 44.7 Å². The van der Waals surface area contributed by atoms with Crippen molar-refractivity contribution < 1.29 is 0 Å². The van der Waals surface area contributed by atoms with E-state index >= 15 is 0 Å². The molecule has 0 aliphatic heterocycles. The van der Waals surface area contributed by atoms with Crippen molar-refractivity contribution in [1.29, 1.82) is 0 Å². The Labute approximate surface area is 74.9 Å². The van der Waals surface area contributed by atoms with Crippen LogP contribution in [-0.2, 0) is 0 Å². The van der Waals surface area contributed by atoms with Crippen LogP contribution < -0.4 is 11.1 Å². The van der Waals surface area contributed by atoms with Crippen LogP contribution in [0.1, 0.15) is 32.6 Å². The third kappa shape index (κ3) is 1.80. The first-order valence-corrected chi connectivity index (χ1v) is 5.26. The van der Waals surface area contributed by atoms with E-state index in [0.29, 0.717) is 6.04 Å². The highest BCUT2D eigenvalue weighted by molar-refractivity contribution is 4.91. The van der Waals surface area contributed by atoms with E-state index in [4.69, 9.17) is 5.73 Å². The molecule has 0 aromatic rings. The van der Waals surface area contributed by atoms with Crippen LogP contribution >= 0.6 is 0 Å². The predicted octanol–water partition coefficient (Wildman–Crippen LogP) is 1.11. The molecule has 2 fully saturated rings. The van der Waals surface area contributed by atoms with Crippen molar-refractivity contribution in [2.75, 3.05) is 6.54 Å². The number of hydrogen-bond donors (Lipinski definition) is 2. The monoisotopic (exact) mass is 168 g/mol. The topological polar surface area (TPSA) is 38.0 Å². The van der Waals surface area contributed by atoms with E-state index in [-0.39, 0.29) is 0 Å². The zero-order valence-electron chi connectivity index (χ0n) is 7.92. The molecule has 0 heterocycles. The fourth-order valence-electron chi connectivity index (χ4n) is 2.23. The largest absolute Gasteiger partial charge is 0.327 e. The minimum atomic E-state index is 0.478. The predicted molar refractivity (Wildman–Crippen MR) is 50.9 cm³/mol. The molecule has 4 atom stereocenters. The molecule has 0 aromatic carbocycles. The normalized spacial score (nSPS) is 46.5. The fourth-order valence-corrected chi connectivity index (χ4v) is 2.23. The second kappa shape index (κ2) is 3.35. The fraction of sp³-hybridized carbons (Fsp3) is 1.00. The summed E-state index contributed by atoms with van der Waals surface area (Å²) in [6.07, 6.45) is 5.30. The minimum absolute atomic E-state index is 0.478. The molecule has 0 bridgehead atoms. The van der Waals surface area contributed by atoms with Gasteiger partial charge in [0.15, 0.2) is 0 Å². The first kappa shape index (κ1) is 8.52. The van der Waals surface area contributed by atoms with Crippen molar-refractivity contribution in [3.8, 4) is 0 Å². The molecule has 0 radical (unpaired) electrons. The van der Waals surface area contributed by atoms with E-state index in [1.54, 1.807) is 0 Å². The SMILES string of the molecule is CC1CC1NCC1CCCC1N. The third-order valence-electron chi connectivity index (χ3n) is 3.47. The number of hydrogen-bond acceptors (Lipinski definition) is 2. The van der Waals surface area contributed by atoms with Gasteiger partial charge in [-0.1, -0.05) is 13.3 Å². The molecule has 0 spiro atoms. The van der Waals surface area contributed by atoms with Gasteiger partial charge in [-0.2, -0.15) is 0 Å². The highest BCUT2D eigenvalue weighted by Crippen LogP contribution is 2.30. The van der Waals surface area contributed by atoms with Crippen molar-refractivity contribution in [2.24, 2.45) is 17.6 Å². The Bertz CT molecular complexity index is 158. The Morgan fingerprint density at radius 3 is 2.67 bits per heavy atom. The lowest BCUT2D eigenvalue weighted by molar-refractivity contribution is 0.436. The molecule has 3 N–H and O–H groups in total. The van der Waals surface area contributed by atoms with Gasteiger partial charge in [0.2, 0.25) is 0 Å². The van der Waals surface area contributed by atoms with Crippen LogP contribution in [-0.4, -0.2) is 18.6 Å². The van der Waals surface area contributed by atoms with E-state index in [9.17, 15) is 0 Å². The van der Waals surface area contributed by atoms with Crippen molar-refractivity contribution >= 4 is 0 Å². The Kier molecular flexibility index (Phi) is 2.37. The summed E-state index contributed by atoms with van der Waals surface area (Å²) in [5.41, 5.74) is 5.98. The van der Waals surface area contributed by atoms with Crippen molar-refractivity contribution in [3.63, 3.8) is 0 Å². The Morgan fingerprint density at radius 2 is 2.17 bits per heavy atom. The zero-order valence-corrected chi connectivity index (χ0v) is 7.92. The second-order valence-electron chi connectivity index (χ2n) is 4.58. The lowest BCUT2D eigenvalue weighted by Gasteiger charge is -2.15. The summed E-state index contributed by atoms with van der Waals surface area (Å²) < 4.78 is 0. The maximum atomic E-state index is 5.98. The van der Waals surface area contributed by atoms with E-state index < -0.39 is 0 Å². The highest BCUT2D eigenvalue weighted by atomic mass is 15.0. The van der Waals surface area contributed by atoms with Gasteiger partial charge in [-0.05, 0) is 37.6 Å². The molecule has 2 aliphatic carbocycles. The van der Waals surface area contributed by atoms with Gasteiger partial charge in [-0.15, -0.1) is 0 Å². The first-order valence-electron chi connectivity index (χ1n) is 5.26. The van der Waals surface area contributed by atoms with Crippen molar-refractivity contribution in [3.05, 3.63) is 0 Å². The summed E-state index contributed by atoms with van der Waals surface area (Å²) in [6.45, 7) is 3.47. The van der Waals surface area contributed by atoms with Crippen molar-refractivity contribution in [1.82, 2.24) is 5.32 Å². The Hall–Kier alpha value is -0.0800. The molecule has 2 nitrogen and oxygen atoms in total. The highest BCUT2D eigenvalue weighted by Gasteiger charge is 2.33. The number of nitrogens with two attached hydrogens (primary N) is 1. The van der Waals surface area contributed by atoms with Crippen LogP contribution in [0.4, 0.5) is 0 Å². The van der Waals surface area contributed by atoms with Gasteiger partial charge in [0.25, 0.3) is 0 Å². The molecule has 0 aromatic heterocycles. The van der Waals surface area contributed by atoms with Gasteiger partial charge in [0.05, 0.1) is 0 Å². The van der Waals surface area contributed by atoms with E-state index in [1.807, 2.05) is 0 Å². The maximum Gasteiger partial charge on any atom is 0.00965 e. The van der Waals surface area contributed by atoms with E-state index in [1.165, 1.54) is 25.7 Å². The quantitative estimate of drug-likeness (QED) is 0.662. The summed E-state index contributed by atoms with van der Waals surface area (Å²) >= 11 is 0. The van der Waals surface area contributed by atoms with Crippen LogP contribution in [0.5, 0.6) is 0 Å². The molecular formula is C10H20N2. The van der Waals surface area contributed by atoms with Crippen LogP contribution in [0.2, 0.25) is 0 Å². The van der Waals surface area contributed by atoms with Gasteiger partial charge in [-0.25, -0.2) is 0 Å². The smallest absolute Gasteiger partial charge is 0.00965 e. The molecule has 12 heavy (non-hydrogen) atoms. The van der Waals surface area contributed by atoms with E-state index in [2.05, 4.69) is 12.2 Å². The number of rotatable bonds is 3.